The Hall–Kier alpha value is -1.01. The molecule has 0 amide bonds. The second-order valence-electron chi connectivity index (χ2n) is 2.97. The monoisotopic (exact) mass is 233 g/mol. The number of aromatic nitrogens is 1. The van der Waals surface area contributed by atoms with E-state index >= 15 is 0 Å². The molecule has 0 aliphatic rings. The minimum absolute atomic E-state index is 0.0606. The predicted octanol–water partition coefficient (Wildman–Crippen LogP) is 0.332. The molecule has 13 heavy (non-hydrogen) atoms. The van der Waals surface area contributed by atoms with Crippen molar-refractivity contribution in [2.75, 3.05) is 0 Å². The summed E-state index contributed by atoms with van der Waals surface area (Å²) in [5.41, 5.74) is 0.0606. The van der Waals surface area contributed by atoms with Crippen LogP contribution >= 0.6 is 0 Å². The van der Waals surface area contributed by atoms with Gasteiger partial charge in [-0.2, -0.15) is 0 Å². The topological polar surface area (TPSA) is 22.0 Å². The SMILES string of the molecule is Cn1ccc2c([As])cccc2c1=O. The van der Waals surface area contributed by atoms with E-state index in [-0.39, 0.29) is 5.56 Å². The second kappa shape index (κ2) is 3.04. The van der Waals surface area contributed by atoms with Gasteiger partial charge in [-0.1, -0.05) is 0 Å². The van der Waals surface area contributed by atoms with Crippen molar-refractivity contribution in [3.8, 4) is 0 Å². The van der Waals surface area contributed by atoms with Crippen molar-refractivity contribution >= 4 is 32.0 Å². The molecule has 0 aliphatic heterocycles. The number of rotatable bonds is 0. The summed E-state index contributed by atoms with van der Waals surface area (Å²) in [7, 11) is 1.76. The zero-order valence-electron chi connectivity index (χ0n) is 7.19. The molecule has 2 aromatic rings. The molecule has 2 nitrogen and oxygen atoms in total. The van der Waals surface area contributed by atoms with Gasteiger partial charge in [0.2, 0.25) is 0 Å². The molecule has 0 saturated heterocycles. The van der Waals surface area contributed by atoms with Gasteiger partial charge in [-0.3, -0.25) is 0 Å². The van der Waals surface area contributed by atoms with Crippen LogP contribution in [0.15, 0.2) is 35.3 Å². The summed E-state index contributed by atoms with van der Waals surface area (Å²) < 4.78 is 2.68. The van der Waals surface area contributed by atoms with Crippen LogP contribution < -0.4 is 9.91 Å². The normalized spacial score (nSPS) is 10.6. The van der Waals surface area contributed by atoms with Crippen LogP contribution in [0.1, 0.15) is 0 Å². The van der Waals surface area contributed by atoms with Crippen molar-refractivity contribution in [3.63, 3.8) is 0 Å². The number of benzene rings is 1. The van der Waals surface area contributed by atoms with E-state index in [1.807, 2.05) is 24.3 Å². The van der Waals surface area contributed by atoms with Crippen LogP contribution in [0, 0.1) is 0 Å². The molecule has 0 bridgehead atoms. The van der Waals surface area contributed by atoms with Crippen LogP contribution in [0.2, 0.25) is 0 Å². The van der Waals surface area contributed by atoms with Gasteiger partial charge >= 0.3 is 84.4 Å². The number of hydrogen-bond donors (Lipinski definition) is 0. The molecule has 0 aliphatic carbocycles. The van der Waals surface area contributed by atoms with Gasteiger partial charge in [-0.15, -0.1) is 0 Å². The zero-order valence-corrected chi connectivity index (χ0v) is 9.07. The fourth-order valence-electron chi connectivity index (χ4n) is 1.36. The molecule has 0 N–H and O–H groups in total. The Labute approximate surface area is 84.7 Å². The van der Waals surface area contributed by atoms with Crippen molar-refractivity contribution in [1.29, 1.82) is 0 Å². The second-order valence-corrected chi connectivity index (χ2v) is 3.98. The first-order chi connectivity index (χ1) is 6.20. The van der Waals surface area contributed by atoms with E-state index in [0.29, 0.717) is 0 Å². The Kier molecular flexibility index (Phi) is 2.01. The maximum absolute atomic E-state index is 11.6. The standard InChI is InChI=1S/C10H8AsNO/c1-12-6-5-7-8(10(12)13)3-2-4-9(7)11/h2-6H,1H3. The van der Waals surface area contributed by atoms with E-state index < -0.39 is 0 Å². The number of nitrogens with zero attached hydrogens (tertiary/aromatic N) is 1. The molecule has 0 unspecified atom stereocenters. The van der Waals surface area contributed by atoms with Crippen molar-refractivity contribution in [2.45, 2.75) is 0 Å². The van der Waals surface area contributed by atoms with E-state index in [9.17, 15) is 4.79 Å². The summed E-state index contributed by atoms with van der Waals surface area (Å²) in [4.78, 5) is 11.6. The van der Waals surface area contributed by atoms with Crippen molar-refractivity contribution in [1.82, 2.24) is 4.57 Å². The molecule has 2 rings (SSSR count). The van der Waals surface area contributed by atoms with Gasteiger partial charge in [0, 0.05) is 0 Å². The Morgan fingerprint density at radius 3 is 2.77 bits per heavy atom. The molecule has 0 fully saturated rings. The van der Waals surface area contributed by atoms with E-state index in [1.54, 1.807) is 17.8 Å². The molecule has 1 heterocycles. The summed E-state index contributed by atoms with van der Waals surface area (Å²) >= 11 is 2.48. The Balaban J connectivity index is 3.03. The summed E-state index contributed by atoms with van der Waals surface area (Å²) in [6.07, 6.45) is 1.79. The van der Waals surface area contributed by atoms with Crippen molar-refractivity contribution in [2.24, 2.45) is 7.05 Å². The fraction of sp³-hybridized carbons (Fsp3) is 0.100. The van der Waals surface area contributed by atoms with Crippen molar-refractivity contribution in [3.05, 3.63) is 40.8 Å². The van der Waals surface area contributed by atoms with Gasteiger partial charge in [0.1, 0.15) is 0 Å². The first kappa shape index (κ1) is 8.58. The third-order valence-electron chi connectivity index (χ3n) is 2.10. The Morgan fingerprint density at radius 2 is 2.00 bits per heavy atom. The number of aryl methyl sites for hydroxylation is 1. The molecular weight excluding hydrogens is 225 g/mol. The van der Waals surface area contributed by atoms with Crippen molar-refractivity contribution < 1.29 is 0 Å². The van der Waals surface area contributed by atoms with Crippen LogP contribution in [-0.4, -0.2) is 21.4 Å². The van der Waals surface area contributed by atoms with E-state index in [1.165, 1.54) is 0 Å². The summed E-state index contributed by atoms with van der Waals surface area (Å²) in [5, 5.41) is 1.80. The summed E-state index contributed by atoms with van der Waals surface area (Å²) in [5.74, 6) is 0. The molecule has 3 heteroatoms. The maximum atomic E-state index is 11.6. The van der Waals surface area contributed by atoms with E-state index in [0.717, 1.165) is 15.1 Å². The quantitative estimate of drug-likeness (QED) is 0.601. The van der Waals surface area contributed by atoms with Crippen LogP contribution in [-0.2, 0) is 7.05 Å². The number of fused-ring (bicyclic) bond motifs is 1. The molecule has 1 aromatic heterocycles. The van der Waals surface area contributed by atoms with Gasteiger partial charge in [0.15, 0.2) is 0 Å². The predicted molar refractivity (Wildman–Crippen MR) is 54.6 cm³/mol. The van der Waals surface area contributed by atoms with Crippen LogP contribution in [0.5, 0.6) is 0 Å². The fourth-order valence-corrected chi connectivity index (χ4v) is 1.95. The van der Waals surface area contributed by atoms with Gasteiger partial charge in [0.25, 0.3) is 0 Å². The molecule has 0 spiro atoms. The van der Waals surface area contributed by atoms with E-state index in [4.69, 9.17) is 0 Å². The average Bonchev–Trinajstić information content (AvgIpc) is 2.12. The average molecular weight is 233 g/mol. The zero-order chi connectivity index (χ0) is 9.42. The first-order valence-electron chi connectivity index (χ1n) is 3.97. The summed E-state index contributed by atoms with van der Waals surface area (Å²) in [6, 6.07) is 7.71. The van der Waals surface area contributed by atoms with Crippen LogP contribution in [0.25, 0.3) is 10.8 Å². The minimum atomic E-state index is 0.0606. The van der Waals surface area contributed by atoms with Crippen LogP contribution in [0.4, 0.5) is 0 Å². The Bertz CT molecular complexity index is 516. The molecule has 1 aromatic carbocycles. The van der Waals surface area contributed by atoms with Gasteiger partial charge < -0.3 is 0 Å². The molecular formula is C10H8AsNO. The number of pyridine rings is 1. The van der Waals surface area contributed by atoms with Crippen LogP contribution in [0.3, 0.4) is 0 Å². The van der Waals surface area contributed by atoms with Gasteiger partial charge in [0.05, 0.1) is 0 Å². The third-order valence-corrected chi connectivity index (χ3v) is 2.92. The van der Waals surface area contributed by atoms with E-state index in [2.05, 4.69) is 16.9 Å². The third kappa shape index (κ3) is 1.31. The molecule has 0 saturated carbocycles. The molecule has 0 atom stereocenters. The van der Waals surface area contributed by atoms with Gasteiger partial charge in [-0.25, -0.2) is 0 Å². The molecule has 64 valence electrons. The summed E-state index contributed by atoms with van der Waals surface area (Å²) in [6.45, 7) is 0. The first-order valence-corrected chi connectivity index (χ1v) is 4.91. The number of hydrogen-bond acceptors (Lipinski definition) is 1. The molecule has 2 radical (unpaired) electrons. The Morgan fingerprint density at radius 1 is 1.23 bits per heavy atom. The van der Waals surface area contributed by atoms with Gasteiger partial charge in [-0.05, 0) is 0 Å².